The average Bonchev–Trinajstić information content (AvgIpc) is 2.75. The lowest BCUT2D eigenvalue weighted by molar-refractivity contribution is 0.180. The van der Waals surface area contributed by atoms with Crippen LogP contribution in [0.25, 0.3) is 22.6 Å². The number of hydrogen-bond donors (Lipinski definition) is 2. The molecule has 3 aromatic rings. The maximum Gasteiger partial charge on any atom is 0.251 e. The lowest BCUT2D eigenvalue weighted by Crippen LogP contribution is -2.35. The largest absolute Gasteiger partial charge is 0.330 e. The van der Waals surface area contributed by atoms with E-state index >= 15 is 0 Å². The van der Waals surface area contributed by atoms with Crippen LogP contribution in [-0.2, 0) is 6.54 Å². The highest BCUT2D eigenvalue weighted by molar-refractivity contribution is 5.63. The van der Waals surface area contributed by atoms with Gasteiger partial charge >= 0.3 is 0 Å². The molecular weight excluding hydrogens is 350 g/mol. The molecule has 1 aliphatic heterocycles. The smallest absolute Gasteiger partial charge is 0.251 e. The molecule has 6 heteroatoms. The van der Waals surface area contributed by atoms with E-state index in [-0.39, 0.29) is 5.56 Å². The van der Waals surface area contributed by atoms with Gasteiger partial charge in [-0.15, -0.1) is 0 Å². The molecule has 0 amide bonds. The Morgan fingerprint density at radius 1 is 1.11 bits per heavy atom. The van der Waals surface area contributed by atoms with Crippen molar-refractivity contribution in [3.05, 3.63) is 70.8 Å². The van der Waals surface area contributed by atoms with Gasteiger partial charge in [0.05, 0.1) is 5.69 Å². The molecular formula is C22H25N5O. The minimum absolute atomic E-state index is 0.168. The maximum absolute atomic E-state index is 12.2. The Morgan fingerprint density at radius 3 is 2.68 bits per heavy atom. The number of H-pyrrole nitrogens is 1. The Bertz CT molecular complexity index is 977. The van der Waals surface area contributed by atoms with E-state index in [2.05, 4.69) is 32.0 Å². The summed E-state index contributed by atoms with van der Waals surface area (Å²) in [5.41, 5.74) is 9.21. The van der Waals surface area contributed by atoms with Gasteiger partial charge in [0.2, 0.25) is 0 Å². The molecule has 3 N–H and O–H groups in total. The SMILES string of the molecule is NCC1CCN(Cc2cccc(-c3nc(-c4cccnc4)cc(=O)[nH]3)c2)CC1. The van der Waals surface area contributed by atoms with E-state index in [1.54, 1.807) is 12.4 Å². The molecule has 3 heterocycles. The van der Waals surface area contributed by atoms with Crippen LogP contribution in [0.5, 0.6) is 0 Å². The Morgan fingerprint density at radius 2 is 1.93 bits per heavy atom. The molecule has 0 spiro atoms. The number of likely N-dealkylation sites (tertiary alicyclic amines) is 1. The first-order valence-corrected chi connectivity index (χ1v) is 9.75. The third-order valence-electron chi connectivity index (χ3n) is 5.35. The van der Waals surface area contributed by atoms with E-state index < -0.39 is 0 Å². The van der Waals surface area contributed by atoms with Gasteiger partial charge in [-0.1, -0.05) is 18.2 Å². The molecule has 6 nitrogen and oxygen atoms in total. The van der Waals surface area contributed by atoms with E-state index in [9.17, 15) is 4.79 Å². The number of hydrogen-bond acceptors (Lipinski definition) is 5. The van der Waals surface area contributed by atoms with Crippen molar-refractivity contribution in [2.75, 3.05) is 19.6 Å². The molecule has 0 radical (unpaired) electrons. The molecule has 0 atom stereocenters. The van der Waals surface area contributed by atoms with Crippen LogP contribution in [0.3, 0.4) is 0 Å². The number of nitrogens with zero attached hydrogens (tertiary/aromatic N) is 3. The van der Waals surface area contributed by atoms with Crippen LogP contribution in [0.2, 0.25) is 0 Å². The second-order valence-corrected chi connectivity index (χ2v) is 7.38. The number of piperidine rings is 1. The van der Waals surface area contributed by atoms with E-state index in [0.29, 0.717) is 17.4 Å². The molecule has 4 rings (SSSR count). The van der Waals surface area contributed by atoms with Gasteiger partial charge in [-0.25, -0.2) is 4.98 Å². The molecule has 1 saturated heterocycles. The lowest BCUT2D eigenvalue weighted by atomic mass is 9.96. The normalized spacial score (nSPS) is 15.6. The number of nitrogens with one attached hydrogen (secondary N) is 1. The summed E-state index contributed by atoms with van der Waals surface area (Å²) in [5.74, 6) is 1.24. The first-order chi connectivity index (χ1) is 13.7. The molecule has 1 aliphatic rings. The van der Waals surface area contributed by atoms with Gasteiger partial charge in [0.1, 0.15) is 5.82 Å². The van der Waals surface area contributed by atoms with E-state index in [4.69, 9.17) is 5.73 Å². The van der Waals surface area contributed by atoms with Gasteiger partial charge in [0.15, 0.2) is 0 Å². The van der Waals surface area contributed by atoms with Crippen LogP contribution in [0.4, 0.5) is 0 Å². The third-order valence-corrected chi connectivity index (χ3v) is 5.35. The predicted octanol–water partition coefficient (Wildman–Crippen LogP) is 2.67. The Hall–Kier alpha value is -2.83. The summed E-state index contributed by atoms with van der Waals surface area (Å²) in [6, 6.07) is 13.5. The van der Waals surface area contributed by atoms with Crippen LogP contribution < -0.4 is 11.3 Å². The molecule has 0 unspecified atom stereocenters. The number of aromatic nitrogens is 3. The topological polar surface area (TPSA) is 87.9 Å². The highest BCUT2D eigenvalue weighted by Crippen LogP contribution is 2.22. The summed E-state index contributed by atoms with van der Waals surface area (Å²) in [5, 5.41) is 0. The van der Waals surface area contributed by atoms with Gasteiger partial charge in [0, 0.05) is 36.1 Å². The predicted molar refractivity (Wildman–Crippen MR) is 111 cm³/mol. The standard InChI is InChI=1S/C22H25N5O/c23-13-16-6-9-27(10-7-16)15-17-3-1-4-18(11-17)22-25-20(12-21(28)26-22)19-5-2-8-24-14-19/h1-5,8,11-12,14,16H,6-7,9-10,13,15,23H2,(H,25,26,28). The molecule has 28 heavy (non-hydrogen) atoms. The van der Waals surface area contributed by atoms with Gasteiger partial charge in [-0.2, -0.15) is 0 Å². The molecule has 1 aromatic carbocycles. The van der Waals surface area contributed by atoms with Crippen LogP contribution in [0.15, 0.2) is 59.7 Å². The number of benzene rings is 1. The minimum Gasteiger partial charge on any atom is -0.330 e. The van der Waals surface area contributed by atoms with Crippen molar-refractivity contribution < 1.29 is 0 Å². The quantitative estimate of drug-likeness (QED) is 0.716. The zero-order valence-corrected chi connectivity index (χ0v) is 15.8. The Labute approximate surface area is 164 Å². The molecule has 0 bridgehead atoms. The van der Waals surface area contributed by atoms with Crippen molar-refractivity contribution in [1.82, 2.24) is 19.9 Å². The fourth-order valence-electron chi connectivity index (χ4n) is 3.71. The van der Waals surface area contributed by atoms with Crippen molar-refractivity contribution in [2.45, 2.75) is 19.4 Å². The summed E-state index contributed by atoms with van der Waals surface area (Å²) in [4.78, 5) is 26.3. The average molecular weight is 375 g/mol. The van der Waals surface area contributed by atoms with Crippen molar-refractivity contribution in [2.24, 2.45) is 11.7 Å². The van der Waals surface area contributed by atoms with Gasteiger partial charge in [0.25, 0.3) is 5.56 Å². The number of rotatable bonds is 5. The number of pyridine rings is 1. The van der Waals surface area contributed by atoms with Gasteiger partial charge < -0.3 is 10.7 Å². The summed E-state index contributed by atoms with van der Waals surface area (Å²) in [6.45, 7) is 3.85. The summed E-state index contributed by atoms with van der Waals surface area (Å²) < 4.78 is 0. The van der Waals surface area contributed by atoms with Crippen molar-refractivity contribution in [3.8, 4) is 22.6 Å². The Balaban J connectivity index is 1.56. The monoisotopic (exact) mass is 375 g/mol. The van der Waals surface area contributed by atoms with Crippen LogP contribution in [0, 0.1) is 5.92 Å². The summed E-state index contributed by atoms with van der Waals surface area (Å²) in [7, 11) is 0. The first-order valence-electron chi connectivity index (χ1n) is 9.75. The van der Waals surface area contributed by atoms with Crippen molar-refractivity contribution >= 4 is 0 Å². The number of aromatic amines is 1. The third kappa shape index (κ3) is 4.35. The summed E-state index contributed by atoms with van der Waals surface area (Å²) >= 11 is 0. The second-order valence-electron chi connectivity index (χ2n) is 7.38. The fourth-order valence-corrected chi connectivity index (χ4v) is 3.71. The molecule has 2 aromatic heterocycles. The molecule has 144 valence electrons. The van der Waals surface area contributed by atoms with Gasteiger partial charge in [-0.3, -0.25) is 14.7 Å². The molecule has 0 aliphatic carbocycles. The van der Waals surface area contributed by atoms with Crippen molar-refractivity contribution in [1.29, 1.82) is 0 Å². The lowest BCUT2D eigenvalue weighted by Gasteiger charge is -2.31. The molecule has 1 fully saturated rings. The van der Waals surface area contributed by atoms with Crippen LogP contribution in [0.1, 0.15) is 18.4 Å². The zero-order chi connectivity index (χ0) is 19.3. The van der Waals surface area contributed by atoms with E-state index in [1.165, 1.54) is 11.6 Å². The minimum atomic E-state index is -0.168. The highest BCUT2D eigenvalue weighted by atomic mass is 16.1. The van der Waals surface area contributed by atoms with Gasteiger partial charge in [-0.05, 0) is 62.2 Å². The molecule has 0 saturated carbocycles. The fraction of sp³-hybridized carbons (Fsp3) is 0.318. The van der Waals surface area contributed by atoms with Crippen LogP contribution >= 0.6 is 0 Å². The van der Waals surface area contributed by atoms with Crippen molar-refractivity contribution in [3.63, 3.8) is 0 Å². The van der Waals surface area contributed by atoms with Crippen LogP contribution in [-0.4, -0.2) is 39.5 Å². The van der Waals surface area contributed by atoms with E-state index in [0.717, 1.165) is 50.1 Å². The Kier molecular flexibility index (Phi) is 5.60. The first kappa shape index (κ1) is 18.5. The van der Waals surface area contributed by atoms with E-state index in [1.807, 2.05) is 24.3 Å². The maximum atomic E-state index is 12.2. The summed E-state index contributed by atoms with van der Waals surface area (Å²) in [6.07, 6.45) is 5.75. The number of nitrogens with two attached hydrogens (primary N) is 1. The zero-order valence-electron chi connectivity index (χ0n) is 15.8. The second kappa shape index (κ2) is 8.46. The highest BCUT2D eigenvalue weighted by Gasteiger charge is 2.18.